The summed E-state index contributed by atoms with van der Waals surface area (Å²) in [5.74, 6) is 0.879. The Morgan fingerprint density at radius 2 is 2.12 bits per heavy atom. The standard InChI is InChI=1S/C18H19N5O2/c1-22-8-6-15(20-22)17-11-16(21-25-17)18(24)23-9-4-13(5-10-23)14-3-2-7-19-12-14/h2-3,6-8,11-13H,4-5,9-10H2,1H3. The molecule has 4 heterocycles. The van der Waals surface area contributed by atoms with Gasteiger partial charge in [-0.3, -0.25) is 14.5 Å². The van der Waals surface area contributed by atoms with Gasteiger partial charge in [0.15, 0.2) is 11.5 Å². The molecule has 3 aromatic rings. The van der Waals surface area contributed by atoms with Crippen LogP contribution in [0.25, 0.3) is 11.5 Å². The minimum absolute atomic E-state index is 0.0874. The van der Waals surface area contributed by atoms with E-state index in [-0.39, 0.29) is 5.91 Å². The van der Waals surface area contributed by atoms with Gasteiger partial charge < -0.3 is 9.42 Å². The van der Waals surface area contributed by atoms with Gasteiger partial charge in [0.05, 0.1) is 0 Å². The predicted molar refractivity (Wildman–Crippen MR) is 90.8 cm³/mol. The molecule has 1 fully saturated rings. The summed E-state index contributed by atoms with van der Waals surface area (Å²) < 4.78 is 6.97. The van der Waals surface area contributed by atoms with Crippen LogP contribution < -0.4 is 0 Å². The number of carbonyl (C=O) groups is 1. The summed E-state index contributed by atoms with van der Waals surface area (Å²) in [6, 6.07) is 7.55. The topological polar surface area (TPSA) is 77.0 Å². The van der Waals surface area contributed by atoms with Crippen LogP contribution in [0.2, 0.25) is 0 Å². The van der Waals surface area contributed by atoms with E-state index in [9.17, 15) is 4.79 Å². The first-order valence-corrected chi connectivity index (χ1v) is 8.36. The molecule has 1 saturated heterocycles. The second kappa shape index (κ2) is 6.51. The fourth-order valence-electron chi connectivity index (χ4n) is 3.24. The fraction of sp³-hybridized carbons (Fsp3) is 0.333. The molecule has 1 aliphatic rings. The van der Waals surface area contributed by atoms with Crippen molar-refractivity contribution in [3.8, 4) is 11.5 Å². The molecule has 3 aromatic heterocycles. The van der Waals surface area contributed by atoms with Gasteiger partial charge in [0.25, 0.3) is 5.91 Å². The highest BCUT2D eigenvalue weighted by atomic mass is 16.5. The lowest BCUT2D eigenvalue weighted by atomic mass is 9.90. The fourth-order valence-corrected chi connectivity index (χ4v) is 3.24. The zero-order valence-electron chi connectivity index (χ0n) is 14.0. The number of amides is 1. The van der Waals surface area contributed by atoms with Crippen LogP contribution in [0.5, 0.6) is 0 Å². The normalized spacial score (nSPS) is 15.5. The van der Waals surface area contributed by atoms with Gasteiger partial charge in [-0.2, -0.15) is 5.10 Å². The van der Waals surface area contributed by atoms with Gasteiger partial charge in [-0.1, -0.05) is 11.2 Å². The molecule has 4 rings (SSSR count). The number of pyridine rings is 1. The maximum Gasteiger partial charge on any atom is 0.276 e. The van der Waals surface area contributed by atoms with Gasteiger partial charge in [0, 0.05) is 44.8 Å². The van der Waals surface area contributed by atoms with E-state index >= 15 is 0 Å². The van der Waals surface area contributed by atoms with Crippen LogP contribution in [0.1, 0.15) is 34.8 Å². The summed E-state index contributed by atoms with van der Waals surface area (Å²) in [7, 11) is 1.83. The molecule has 0 atom stereocenters. The minimum Gasteiger partial charge on any atom is -0.354 e. The second-order valence-corrected chi connectivity index (χ2v) is 6.30. The Bertz CT molecular complexity index is 862. The molecule has 7 nitrogen and oxygen atoms in total. The molecule has 128 valence electrons. The van der Waals surface area contributed by atoms with Crippen LogP contribution in [0.15, 0.2) is 47.4 Å². The number of carbonyl (C=O) groups excluding carboxylic acids is 1. The summed E-state index contributed by atoms with van der Waals surface area (Å²) in [4.78, 5) is 18.7. The summed E-state index contributed by atoms with van der Waals surface area (Å²) >= 11 is 0. The van der Waals surface area contributed by atoms with Crippen LogP contribution in [0.3, 0.4) is 0 Å². The third-order valence-corrected chi connectivity index (χ3v) is 4.63. The van der Waals surface area contributed by atoms with Crippen molar-refractivity contribution in [3.63, 3.8) is 0 Å². The molecule has 0 spiro atoms. The van der Waals surface area contributed by atoms with Gasteiger partial charge in [0.1, 0.15) is 5.69 Å². The molecule has 7 heteroatoms. The number of hydrogen-bond donors (Lipinski definition) is 0. The van der Waals surface area contributed by atoms with Crippen molar-refractivity contribution >= 4 is 5.91 Å². The third kappa shape index (κ3) is 3.17. The lowest BCUT2D eigenvalue weighted by Gasteiger charge is -2.31. The van der Waals surface area contributed by atoms with Gasteiger partial charge in [-0.25, -0.2) is 0 Å². The molecule has 0 unspecified atom stereocenters. The molecular formula is C18H19N5O2. The molecule has 1 aliphatic heterocycles. The number of piperidine rings is 1. The predicted octanol–water partition coefficient (Wildman–Crippen LogP) is 2.49. The monoisotopic (exact) mass is 337 g/mol. The molecule has 0 N–H and O–H groups in total. The average Bonchev–Trinajstić information content (AvgIpc) is 3.31. The first-order chi connectivity index (χ1) is 12.2. The van der Waals surface area contributed by atoms with Gasteiger partial charge in [-0.15, -0.1) is 0 Å². The molecule has 0 bridgehead atoms. The largest absolute Gasteiger partial charge is 0.354 e. The Morgan fingerprint density at radius 1 is 1.28 bits per heavy atom. The third-order valence-electron chi connectivity index (χ3n) is 4.63. The number of aryl methyl sites for hydroxylation is 1. The highest BCUT2D eigenvalue weighted by Crippen LogP contribution is 2.28. The van der Waals surface area contributed by atoms with E-state index in [2.05, 4.69) is 21.3 Å². The van der Waals surface area contributed by atoms with E-state index in [0.717, 1.165) is 12.8 Å². The summed E-state index contributed by atoms with van der Waals surface area (Å²) in [6.07, 6.45) is 7.39. The Labute approximate surface area is 145 Å². The number of rotatable bonds is 3. The number of hydrogen-bond acceptors (Lipinski definition) is 5. The Balaban J connectivity index is 1.42. The van der Waals surface area contributed by atoms with Crippen molar-refractivity contribution in [2.45, 2.75) is 18.8 Å². The molecular weight excluding hydrogens is 318 g/mol. The van der Waals surface area contributed by atoms with Crippen LogP contribution in [-0.4, -0.2) is 43.8 Å². The Kier molecular flexibility index (Phi) is 4.05. The highest BCUT2D eigenvalue weighted by molar-refractivity contribution is 5.93. The number of aromatic nitrogens is 4. The maximum atomic E-state index is 12.7. The van der Waals surface area contributed by atoms with Crippen LogP contribution in [0, 0.1) is 0 Å². The van der Waals surface area contributed by atoms with Gasteiger partial charge >= 0.3 is 0 Å². The summed E-state index contributed by atoms with van der Waals surface area (Å²) in [5, 5.41) is 8.19. The zero-order valence-corrected chi connectivity index (χ0v) is 14.0. The Hall–Kier alpha value is -2.96. The van der Waals surface area contributed by atoms with Crippen molar-refractivity contribution < 1.29 is 9.32 Å². The lowest BCUT2D eigenvalue weighted by molar-refractivity contribution is 0.0702. The van der Waals surface area contributed by atoms with E-state index in [1.54, 1.807) is 16.9 Å². The summed E-state index contributed by atoms with van der Waals surface area (Å²) in [5.41, 5.74) is 2.25. The van der Waals surface area contributed by atoms with E-state index in [4.69, 9.17) is 4.52 Å². The van der Waals surface area contributed by atoms with Crippen LogP contribution in [-0.2, 0) is 7.05 Å². The molecule has 0 radical (unpaired) electrons. The van der Waals surface area contributed by atoms with Crippen LogP contribution >= 0.6 is 0 Å². The first kappa shape index (κ1) is 15.6. The smallest absolute Gasteiger partial charge is 0.276 e. The maximum absolute atomic E-state index is 12.7. The molecule has 0 saturated carbocycles. The quantitative estimate of drug-likeness (QED) is 0.734. The lowest BCUT2D eigenvalue weighted by Crippen LogP contribution is -2.38. The van der Waals surface area contributed by atoms with E-state index < -0.39 is 0 Å². The average molecular weight is 337 g/mol. The molecule has 1 amide bonds. The van der Waals surface area contributed by atoms with Gasteiger partial charge in [-0.05, 0) is 36.5 Å². The van der Waals surface area contributed by atoms with Crippen molar-refractivity contribution in [1.29, 1.82) is 0 Å². The second-order valence-electron chi connectivity index (χ2n) is 6.30. The molecule has 25 heavy (non-hydrogen) atoms. The Morgan fingerprint density at radius 3 is 2.80 bits per heavy atom. The van der Waals surface area contributed by atoms with Crippen molar-refractivity contribution in [2.24, 2.45) is 7.05 Å². The number of likely N-dealkylation sites (tertiary alicyclic amines) is 1. The highest BCUT2D eigenvalue weighted by Gasteiger charge is 2.26. The summed E-state index contributed by atoms with van der Waals surface area (Å²) in [6.45, 7) is 1.42. The van der Waals surface area contributed by atoms with Crippen molar-refractivity contribution in [2.75, 3.05) is 13.1 Å². The zero-order chi connectivity index (χ0) is 17.2. The SMILES string of the molecule is Cn1ccc(-c2cc(C(=O)N3CCC(c4cccnc4)CC3)no2)n1. The minimum atomic E-state index is -0.0874. The van der Waals surface area contributed by atoms with E-state index in [0.29, 0.717) is 36.2 Å². The molecule has 0 aromatic carbocycles. The van der Waals surface area contributed by atoms with Crippen molar-refractivity contribution in [3.05, 3.63) is 54.1 Å². The van der Waals surface area contributed by atoms with E-state index in [1.165, 1.54) is 5.56 Å². The first-order valence-electron chi connectivity index (χ1n) is 8.36. The van der Waals surface area contributed by atoms with Gasteiger partial charge in [0.2, 0.25) is 0 Å². The van der Waals surface area contributed by atoms with Crippen LogP contribution in [0.4, 0.5) is 0 Å². The molecule has 0 aliphatic carbocycles. The van der Waals surface area contributed by atoms with Crippen molar-refractivity contribution in [1.82, 2.24) is 24.8 Å². The number of nitrogens with zero attached hydrogens (tertiary/aromatic N) is 5. The van der Waals surface area contributed by atoms with E-state index in [1.807, 2.05) is 36.5 Å².